The Bertz CT molecular complexity index is 89.8. The Labute approximate surface area is 82.7 Å². The molecule has 1 saturated heterocycles. The minimum Gasteiger partial charge on any atom is -0.314 e. The van der Waals surface area contributed by atoms with Crippen molar-refractivity contribution in [2.24, 2.45) is 5.92 Å². The van der Waals surface area contributed by atoms with Gasteiger partial charge in [0.2, 0.25) is 0 Å². The first-order valence-corrected chi connectivity index (χ1v) is 5.73. The van der Waals surface area contributed by atoms with Gasteiger partial charge in [-0.2, -0.15) is 12.6 Å². The van der Waals surface area contributed by atoms with E-state index >= 15 is 0 Å². The van der Waals surface area contributed by atoms with Crippen molar-refractivity contribution in [2.45, 2.75) is 46.1 Å². The SMILES string of the molecule is CC(CS)[C@@H]1CCCN1.CCC. The molecule has 74 valence electrons. The molecule has 1 heterocycles. The first kappa shape index (κ1) is 12.3. The first-order valence-electron chi connectivity index (χ1n) is 5.10. The third-order valence-corrected chi connectivity index (χ3v) is 2.65. The number of rotatable bonds is 2. The second-order valence-electron chi connectivity index (χ2n) is 3.57. The quantitative estimate of drug-likeness (QED) is 0.637. The second kappa shape index (κ2) is 7.93. The third kappa shape index (κ3) is 5.04. The molecule has 1 aliphatic heterocycles. The maximum Gasteiger partial charge on any atom is 0.0101 e. The van der Waals surface area contributed by atoms with Gasteiger partial charge < -0.3 is 5.32 Å². The average Bonchev–Trinajstić information content (AvgIpc) is 2.56. The van der Waals surface area contributed by atoms with E-state index in [1.807, 2.05) is 0 Å². The average molecular weight is 189 g/mol. The molecule has 0 aromatic heterocycles. The summed E-state index contributed by atoms with van der Waals surface area (Å²) in [4.78, 5) is 0. The van der Waals surface area contributed by atoms with Crippen LogP contribution in [0.2, 0.25) is 0 Å². The molecule has 0 aromatic carbocycles. The monoisotopic (exact) mass is 189 g/mol. The Morgan fingerprint density at radius 3 is 2.42 bits per heavy atom. The standard InChI is InChI=1S/C7H15NS.C3H8/c1-6(5-9)7-3-2-4-8-7;1-3-2/h6-9H,2-5H2,1H3;3H2,1-2H3/t6?,7-;/m0./s1. The van der Waals surface area contributed by atoms with Crippen LogP contribution < -0.4 is 5.32 Å². The number of hydrogen-bond acceptors (Lipinski definition) is 2. The summed E-state index contributed by atoms with van der Waals surface area (Å²) in [6.07, 6.45) is 3.95. The maximum atomic E-state index is 4.25. The zero-order valence-corrected chi connectivity index (χ0v) is 9.53. The van der Waals surface area contributed by atoms with Crippen molar-refractivity contribution in [3.05, 3.63) is 0 Å². The maximum absolute atomic E-state index is 4.25. The summed E-state index contributed by atoms with van der Waals surface area (Å²) < 4.78 is 0. The third-order valence-electron chi connectivity index (χ3n) is 2.07. The molecule has 0 bridgehead atoms. The highest BCUT2D eigenvalue weighted by atomic mass is 32.1. The van der Waals surface area contributed by atoms with Crippen LogP contribution in [0.3, 0.4) is 0 Å². The second-order valence-corrected chi connectivity index (χ2v) is 3.93. The molecular formula is C10H23NS. The topological polar surface area (TPSA) is 12.0 Å². The van der Waals surface area contributed by atoms with E-state index in [1.165, 1.54) is 25.8 Å². The number of thiol groups is 1. The minimum absolute atomic E-state index is 0.746. The molecule has 2 atom stereocenters. The molecule has 0 radical (unpaired) electrons. The van der Waals surface area contributed by atoms with Gasteiger partial charge in [-0.15, -0.1) is 0 Å². The van der Waals surface area contributed by atoms with Crippen LogP contribution in [-0.2, 0) is 0 Å². The van der Waals surface area contributed by atoms with E-state index in [0.29, 0.717) is 0 Å². The van der Waals surface area contributed by atoms with E-state index < -0.39 is 0 Å². The van der Waals surface area contributed by atoms with Crippen molar-refractivity contribution in [3.8, 4) is 0 Å². The Kier molecular flexibility index (Phi) is 8.14. The Balaban J connectivity index is 0.000000354. The van der Waals surface area contributed by atoms with Crippen LogP contribution in [-0.4, -0.2) is 18.3 Å². The van der Waals surface area contributed by atoms with Crippen LogP contribution in [0, 0.1) is 5.92 Å². The van der Waals surface area contributed by atoms with Crippen LogP contribution >= 0.6 is 12.6 Å². The van der Waals surface area contributed by atoms with E-state index in [2.05, 4.69) is 38.7 Å². The summed E-state index contributed by atoms with van der Waals surface area (Å²) >= 11 is 4.25. The van der Waals surface area contributed by atoms with Crippen LogP contribution in [0.25, 0.3) is 0 Å². The predicted octanol–water partition coefficient (Wildman–Crippen LogP) is 2.72. The lowest BCUT2D eigenvalue weighted by Crippen LogP contribution is -2.29. The van der Waals surface area contributed by atoms with E-state index in [9.17, 15) is 0 Å². The Morgan fingerprint density at radius 2 is 2.08 bits per heavy atom. The fourth-order valence-corrected chi connectivity index (χ4v) is 1.58. The number of nitrogens with one attached hydrogen (secondary N) is 1. The Morgan fingerprint density at radius 1 is 1.50 bits per heavy atom. The molecule has 0 amide bonds. The smallest absolute Gasteiger partial charge is 0.0101 e. The fourth-order valence-electron chi connectivity index (χ4n) is 1.32. The highest BCUT2D eigenvalue weighted by Crippen LogP contribution is 2.14. The lowest BCUT2D eigenvalue weighted by molar-refractivity contribution is 0.459. The zero-order valence-electron chi connectivity index (χ0n) is 8.64. The van der Waals surface area contributed by atoms with Crippen LogP contribution in [0.15, 0.2) is 0 Å². The Hall–Kier alpha value is 0.310. The van der Waals surface area contributed by atoms with Crippen LogP contribution in [0.1, 0.15) is 40.0 Å². The van der Waals surface area contributed by atoms with Gasteiger partial charge in [0.15, 0.2) is 0 Å². The molecular weight excluding hydrogens is 166 g/mol. The lowest BCUT2D eigenvalue weighted by Gasteiger charge is -2.16. The fraction of sp³-hybridized carbons (Fsp3) is 1.00. The summed E-state index contributed by atoms with van der Waals surface area (Å²) in [5, 5.41) is 3.46. The van der Waals surface area contributed by atoms with Gasteiger partial charge in [0.25, 0.3) is 0 Å². The highest BCUT2D eigenvalue weighted by molar-refractivity contribution is 7.80. The summed E-state index contributed by atoms with van der Waals surface area (Å²) in [6.45, 7) is 7.72. The van der Waals surface area contributed by atoms with Gasteiger partial charge in [-0.25, -0.2) is 0 Å². The molecule has 0 aliphatic carbocycles. The van der Waals surface area contributed by atoms with E-state index in [-0.39, 0.29) is 0 Å². The van der Waals surface area contributed by atoms with Gasteiger partial charge in [-0.3, -0.25) is 0 Å². The molecule has 1 aliphatic rings. The largest absolute Gasteiger partial charge is 0.314 e. The minimum atomic E-state index is 0.746. The van der Waals surface area contributed by atoms with Crippen molar-refractivity contribution in [1.29, 1.82) is 0 Å². The molecule has 0 saturated carbocycles. The van der Waals surface area contributed by atoms with Gasteiger partial charge in [0.05, 0.1) is 0 Å². The lowest BCUT2D eigenvalue weighted by atomic mass is 10.0. The first-order chi connectivity index (χ1) is 5.76. The van der Waals surface area contributed by atoms with Crippen LogP contribution in [0.4, 0.5) is 0 Å². The highest BCUT2D eigenvalue weighted by Gasteiger charge is 2.18. The summed E-state index contributed by atoms with van der Waals surface area (Å²) in [7, 11) is 0. The van der Waals surface area contributed by atoms with E-state index in [4.69, 9.17) is 0 Å². The molecule has 2 heteroatoms. The van der Waals surface area contributed by atoms with Crippen LogP contribution in [0.5, 0.6) is 0 Å². The molecule has 0 aromatic rings. The molecule has 1 N–H and O–H groups in total. The van der Waals surface area contributed by atoms with E-state index in [0.717, 1.165) is 17.7 Å². The van der Waals surface area contributed by atoms with Gasteiger partial charge in [0, 0.05) is 6.04 Å². The van der Waals surface area contributed by atoms with Gasteiger partial charge in [-0.05, 0) is 31.1 Å². The predicted molar refractivity (Wildman–Crippen MR) is 60.0 cm³/mol. The molecule has 12 heavy (non-hydrogen) atoms. The summed E-state index contributed by atoms with van der Waals surface area (Å²) in [6, 6.07) is 0.752. The number of hydrogen-bond donors (Lipinski definition) is 2. The van der Waals surface area contributed by atoms with Crippen molar-refractivity contribution >= 4 is 12.6 Å². The molecule has 0 spiro atoms. The van der Waals surface area contributed by atoms with E-state index in [1.54, 1.807) is 0 Å². The van der Waals surface area contributed by atoms with Gasteiger partial charge in [0.1, 0.15) is 0 Å². The summed E-state index contributed by atoms with van der Waals surface area (Å²) in [5.74, 6) is 1.76. The molecule has 1 rings (SSSR count). The molecule has 1 unspecified atom stereocenters. The summed E-state index contributed by atoms with van der Waals surface area (Å²) in [5.41, 5.74) is 0. The van der Waals surface area contributed by atoms with Gasteiger partial charge in [-0.1, -0.05) is 27.2 Å². The van der Waals surface area contributed by atoms with Crippen molar-refractivity contribution in [2.75, 3.05) is 12.3 Å². The van der Waals surface area contributed by atoms with Crippen molar-refractivity contribution in [1.82, 2.24) is 5.32 Å². The molecule has 1 fully saturated rings. The normalized spacial score (nSPS) is 24.5. The zero-order chi connectivity index (χ0) is 9.40. The molecule has 1 nitrogen and oxygen atoms in total. The van der Waals surface area contributed by atoms with Gasteiger partial charge >= 0.3 is 0 Å². The van der Waals surface area contributed by atoms with Crippen molar-refractivity contribution in [3.63, 3.8) is 0 Å². The van der Waals surface area contributed by atoms with Crippen molar-refractivity contribution < 1.29 is 0 Å².